The molecule has 154 valence electrons. The third-order valence-electron chi connectivity index (χ3n) is 5.07. The summed E-state index contributed by atoms with van der Waals surface area (Å²) in [5.74, 6) is 1.61. The molecule has 1 amide bonds. The SMILES string of the molecule is CC(CCCCCl)CCCCCOC1CC(N(C)C(=O)OC(C)(C)C)C1. The van der Waals surface area contributed by atoms with E-state index >= 15 is 0 Å². The molecule has 4 nitrogen and oxygen atoms in total. The van der Waals surface area contributed by atoms with Gasteiger partial charge in [-0.1, -0.05) is 39.0 Å². The number of amides is 1. The Hall–Kier alpha value is -0.480. The molecule has 0 bridgehead atoms. The Morgan fingerprint density at radius 2 is 1.73 bits per heavy atom. The summed E-state index contributed by atoms with van der Waals surface area (Å²) in [5.41, 5.74) is -0.438. The van der Waals surface area contributed by atoms with Crippen molar-refractivity contribution in [2.24, 2.45) is 5.92 Å². The quantitative estimate of drug-likeness (QED) is 0.303. The highest BCUT2D eigenvalue weighted by atomic mass is 35.5. The summed E-state index contributed by atoms with van der Waals surface area (Å²) >= 11 is 5.72. The van der Waals surface area contributed by atoms with Crippen LogP contribution in [0.2, 0.25) is 0 Å². The van der Waals surface area contributed by atoms with E-state index in [2.05, 4.69) is 6.92 Å². The van der Waals surface area contributed by atoms with Crippen LogP contribution in [0.1, 0.15) is 85.5 Å². The number of carbonyl (C=O) groups is 1. The van der Waals surface area contributed by atoms with Crippen LogP contribution in [0.4, 0.5) is 4.79 Å². The van der Waals surface area contributed by atoms with E-state index in [0.29, 0.717) is 6.10 Å². The number of unbranched alkanes of at least 4 members (excludes halogenated alkanes) is 3. The van der Waals surface area contributed by atoms with Gasteiger partial charge in [0.05, 0.1) is 6.10 Å². The lowest BCUT2D eigenvalue weighted by molar-refractivity contribution is -0.0519. The molecule has 0 spiro atoms. The normalized spacial score (nSPS) is 21.2. The minimum Gasteiger partial charge on any atom is -0.444 e. The van der Waals surface area contributed by atoms with Crippen LogP contribution in [0.3, 0.4) is 0 Å². The summed E-state index contributed by atoms with van der Waals surface area (Å²) in [6.07, 6.45) is 10.6. The molecule has 1 atom stereocenters. The van der Waals surface area contributed by atoms with Gasteiger partial charge in [-0.05, 0) is 52.4 Å². The molecule has 1 fully saturated rings. The number of alkyl halides is 1. The largest absolute Gasteiger partial charge is 0.444 e. The van der Waals surface area contributed by atoms with Crippen molar-refractivity contribution >= 4 is 17.7 Å². The van der Waals surface area contributed by atoms with Gasteiger partial charge in [0.15, 0.2) is 0 Å². The second-order valence-electron chi connectivity index (χ2n) is 8.85. The lowest BCUT2D eigenvalue weighted by Gasteiger charge is -2.41. The average Bonchev–Trinajstić information content (AvgIpc) is 2.50. The van der Waals surface area contributed by atoms with Gasteiger partial charge in [-0.3, -0.25) is 0 Å². The van der Waals surface area contributed by atoms with Gasteiger partial charge in [0.25, 0.3) is 0 Å². The number of hydrogen-bond donors (Lipinski definition) is 0. The highest BCUT2D eigenvalue weighted by Crippen LogP contribution is 2.29. The number of hydrogen-bond acceptors (Lipinski definition) is 3. The molecule has 0 aromatic heterocycles. The van der Waals surface area contributed by atoms with Crippen LogP contribution in [-0.4, -0.2) is 48.3 Å². The number of nitrogens with zero attached hydrogens (tertiary/aromatic N) is 1. The molecule has 26 heavy (non-hydrogen) atoms. The van der Waals surface area contributed by atoms with Gasteiger partial charge >= 0.3 is 6.09 Å². The van der Waals surface area contributed by atoms with Crippen molar-refractivity contribution in [3.8, 4) is 0 Å². The molecule has 1 unspecified atom stereocenters. The molecule has 1 rings (SSSR count). The number of rotatable bonds is 12. The van der Waals surface area contributed by atoms with Crippen molar-refractivity contribution in [2.75, 3.05) is 19.5 Å². The third kappa shape index (κ3) is 10.0. The maximum Gasteiger partial charge on any atom is 0.410 e. The zero-order valence-electron chi connectivity index (χ0n) is 17.6. The summed E-state index contributed by atoms with van der Waals surface area (Å²) in [5, 5.41) is 0. The zero-order valence-corrected chi connectivity index (χ0v) is 18.3. The summed E-state index contributed by atoms with van der Waals surface area (Å²) in [4.78, 5) is 13.7. The molecule has 1 aliphatic rings. The van der Waals surface area contributed by atoms with Gasteiger partial charge in [-0.15, -0.1) is 11.6 Å². The van der Waals surface area contributed by atoms with E-state index in [9.17, 15) is 4.79 Å². The van der Waals surface area contributed by atoms with Crippen LogP contribution in [0.25, 0.3) is 0 Å². The lowest BCUT2D eigenvalue weighted by Crippen LogP contribution is -2.50. The summed E-state index contributed by atoms with van der Waals surface area (Å²) in [6, 6.07) is 0.253. The number of ether oxygens (including phenoxy) is 2. The first-order valence-electron chi connectivity index (χ1n) is 10.4. The molecule has 0 aliphatic heterocycles. The van der Waals surface area contributed by atoms with Crippen molar-refractivity contribution in [3.05, 3.63) is 0 Å². The predicted octanol–water partition coefficient (Wildman–Crippen LogP) is 6.01. The second kappa shape index (κ2) is 12.1. The molecule has 0 radical (unpaired) electrons. The van der Waals surface area contributed by atoms with Gasteiger partial charge in [-0.2, -0.15) is 0 Å². The minimum absolute atomic E-state index is 0.235. The Morgan fingerprint density at radius 3 is 2.31 bits per heavy atom. The fraction of sp³-hybridized carbons (Fsp3) is 0.952. The van der Waals surface area contributed by atoms with E-state index in [1.54, 1.807) is 4.90 Å². The second-order valence-corrected chi connectivity index (χ2v) is 9.23. The number of carbonyl (C=O) groups excluding carboxylic acids is 1. The summed E-state index contributed by atoms with van der Waals surface area (Å²) < 4.78 is 11.3. The molecule has 1 saturated carbocycles. The third-order valence-corrected chi connectivity index (χ3v) is 5.34. The molecule has 0 aromatic rings. The molecular formula is C21H40ClNO3. The van der Waals surface area contributed by atoms with Crippen molar-refractivity contribution in [3.63, 3.8) is 0 Å². The molecule has 0 aromatic carbocycles. The molecule has 5 heteroatoms. The van der Waals surface area contributed by atoms with E-state index in [1.165, 1.54) is 32.1 Å². The summed E-state index contributed by atoms with van der Waals surface area (Å²) in [6.45, 7) is 8.87. The van der Waals surface area contributed by atoms with Gasteiger partial charge in [0.2, 0.25) is 0 Å². The Bertz CT molecular complexity index is 391. The Labute approximate surface area is 165 Å². The standard InChI is InChI=1S/C21H40ClNO3/c1-17(12-8-9-13-22)11-7-6-10-14-25-19-15-18(16-19)23(5)20(24)26-21(2,3)4/h17-19H,6-16H2,1-5H3. The van der Waals surface area contributed by atoms with Crippen LogP contribution < -0.4 is 0 Å². The van der Waals surface area contributed by atoms with E-state index in [-0.39, 0.29) is 12.1 Å². The monoisotopic (exact) mass is 389 g/mol. The first kappa shape index (κ1) is 23.6. The molecule has 1 aliphatic carbocycles. The van der Waals surface area contributed by atoms with Crippen molar-refractivity contribution in [1.29, 1.82) is 0 Å². The smallest absolute Gasteiger partial charge is 0.410 e. The summed E-state index contributed by atoms with van der Waals surface area (Å²) in [7, 11) is 1.82. The lowest BCUT2D eigenvalue weighted by atomic mass is 9.88. The van der Waals surface area contributed by atoms with Crippen LogP contribution in [-0.2, 0) is 9.47 Å². The van der Waals surface area contributed by atoms with Crippen molar-refractivity contribution < 1.29 is 14.3 Å². The van der Waals surface area contributed by atoms with Crippen LogP contribution in [0, 0.1) is 5.92 Å². The van der Waals surface area contributed by atoms with Crippen LogP contribution in [0.15, 0.2) is 0 Å². The van der Waals surface area contributed by atoms with E-state index in [4.69, 9.17) is 21.1 Å². The Morgan fingerprint density at radius 1 is 1.12 bits per heavy atom. The van der Waals surface area contributed by atoms with E-state index in [1.807, 2.05) is 27.8 Å². The van der Waals surface area contributed by atoms with Gasteiger partial charge in [-0.25, -0.2) is 4.79 Å². The van der Waals surface area contributed by atoms with Gasteiger partial charge in [0, 0.05) is 25.6 Å². The number of halogens is 1. The molecular weight excluding hydrogens is 350 g/mol. The maximum absolute atomic E-state index is 12.0. The highest BCUT2D eigenvalue weighted by Gasteiger charge is 2.36. The zero-order chi connectivity index (χ0) is 19.6. The average molecular weight is 390 g/mol. The fourth-order valence-electron chi connectivity index (χ4n) is 3.23. The van der Waals surface area contributed by atoms with Crippen molar-refractivity contribution in [2.45, 2.75) is 103 Å². The van der Waals surface area contributed by atoms with E-state index < -0.39 is 5.60 Å². The van der Waals surface area contributed by atoms with Crippen LogP contribution >= 0.6 is 11.6 Å². The highest BCUT2D eigenvalue weighted by molar-refractivity contribution is 6.17. The first-order valence-corrected chi connectivity index (χ1v) is 10.9. The molecule has 0 N–H and O–H groups in total. The topological polar surface area (TPSA) is 38.8 Å². The van der Waals surface area contributed by atoms with Gasteiger partial charge < -0.3 is 14.4 Å². The van der Waals surface area contributed by atoms with E-state index in [0.717, 1.165) is 44.1 Å². The fourth-order valence-corrected chi connectivity index (χ4v) is 3.42. The van der Waals surface area contributed by atoms with Gasteiger partial charge in [0.1, 0.15) is 5.60 Å². The molecule has 0 saturated heterocycles. The predicted molar refractivity (Wildman–Crippen MR) is 109 cm³/mol. The maximum atomic E-state index is 12.0. The van der Waals surface area contributed by atoms with Crippen molar-refractivity contribution in [1.82, 2.24) is 4.90 Å². The first-order chi connectivity index (χ1) is 12.2. The van der Waals surface area contributed by atoms with Crippen LogP contribution in [0.5, 0.6) is 0 Å². The minimum atomic E-state index is -0.438. The Balaban J connectivity index is 1.99. The molecule has 0 heterocycles. The Kier molecular flexibility index (Phi) is 10.9.